The van der Waals surface area contributed by atoms with Crippen LogP contribution in [0.5, 0.6) is 5.75 Å². The van der Waals surface area contributed by atoms with Crippen molar-refractivity contribution in [1.29, 1.82) is 0 Å². The van der Waals surface area contributed by atoms with Gasteiger partial charge in [0.15, 0.2) is 0 Å². The Morgan fingerprint density at radius 3 is 2.67 bits per heavy atom. The van der Waals surface area contributed by atoms with Gasteiger partial charge in [-0.3, -0.25) is 4.79 Å². The van der Waals surface area contributed by atoms with Crippen molar-refractivity contribution >= 4 is 17.2 Å². The SMILES string of the molecule is Cc1ccc(-c2nc(CCNC(=O)c3ccccc3OC(F)F)cs2)cc1. The van der Waals surface area contributed by atoms with Crippen LogP contribution in [0.1, 0.15) is 21.6 Å². The second-order valence-electron chi connectivity index (χ2n) is 5.89. The molecule has 0 unspecified atom stereocenters. The normalized spacial score (nSPS) is 10.8. The van der Waals surface area contributed by atoms with Gasteiger partial charge in [0.2, 0.25) is 0 Å². The van der Waals surface area contributed by atoms with Gasteiger partial charge in [0.25, 0.3) is 5.91 Å². The average molecular weight is 388 g/mol. The van der Waals surface area contributed by atoms with Gasteiger partial charge in [0.1, 0.15) is 10.8 Å². The van der Waals surface area contributed by atoms with E-state index in [2.05, 4.69) is 15.0 Å². The minimum Gasteiger partial charge on any atom is -0.434 e. The van der Waals surface area contributed by atoms with Crippen LogP contribution in [0.3, 0.4) is 0 Å². The highest BCUT2D eigenvalue weighted by atomic mass is 32.1. The Morgan fingerprint density at radius 2 is 1.93 bits per heavy atom. The molecular weight excluding hydrogens is 370 g/mol. The number of thiazole rings is 1. The molecule has 3 rings (SSSR count). The van der Waals surface area contributed by atoms with Crippen LogP contribution in [0.15, 0.2) is 53.9 Å². The summed E-state index contributed by atoms with van der Waals surface area (Å²) >= 11 is 1.55. The summed E-state index contributed by atoms with van der Waals surface area (Å²) in [5, 5.41) is 5.60. The lowest BCUT2D eigenvalue weighted by atomic mass is 10.1. The van der Waals surface area contributed by atoms with E-state index in [4.69, 9.17) is 0 Å². The molecule has 0 fully saturated rings. The van der Waals surface area contributed by atoms with Crippen LogP contribution in [-0.4, -0.2) is 24.0 Å². The summed E-state index contributed by atoms with van der Waals surface area (Å²) in [5.74, 6) is -0.597. The fraction of sp³-hybridized carbons (Fsp3) is 0.200. The number of amides is 1. The molecule has 27 heavy (non-hydrogen) atoms. The minimum atomic E-state index is -2.98. The van der Waals surface area contributed by atoms with Gasteiger partial charge in [-0.15, -0.1) is 11.3 Å². The van der Waals surface area contributed by atoms with Crippen LogP contribution >= 0.6 is 11.3 Å². The number of alkyl halides is 2. The van der Waals surface area contributed by atoms with Crippen molar-refractivity contribution in [2.75, 3.05) is 6.54 Å². The summed E-state index contributed by atoms with van der Waals surface area (Å²) < 4.78 is 29.3. The van der Waals surface area contributed by atoms with Gasteiger partial charge in [-0.25, -0.2) is 4.98 Å². The third kappa shape index (κ3) is 5.10. The number of aryl methyl sites for hydroxylation is 1. The Balaban J connectivity index is 1.57. The van der Waals surface area contributed by atoms with Gasteiger partial charge in [0, 0.05) is 23.9 Å². The molecule has 1 amide bonds. The van der Waals surface area contributed by atoms with Crippen LogP contribution in [-0.2, 0) is 6.42 Å². The molecule has 1 N–H and O–H groups in total. The molecule has 3 aromatic rings. The molecule has 140 valence electrons. The molecule has 1 aromatic heterocycles. The number of benzene rings is 2. The predicted octanol–water partition coefficient (Wildman–Crippen LogP) is 4.69. The number of ether oxygens (including phenoxy) is 1. The fourth-order valence-electron chi connectivity index (χ4n) is 2.50. The molecule has 7 heteroatoms. The zero-order valence-electron chi connectivity index (χ0n) is 14.6. The van der Waals surface area contributed by atoms with Gasteiger partial charge in [-0.2, -0.15) is 8.78 Å². The summed E-state index contributed by atoms with van der Waals surface area (Å²) in [6, 6.07) is 14.1. The summed E-state index contributed by atoms with van der Waals surface area (Å²) in [7, 11) is 0. The third-order valence-electron chi connectivity index (χ3n) is 3.86. The first-order valence-corrected chi connectivity index (χ1v) is 9.24. The van der Waals surface area contributed by atoms with Gasteiger partial charge in [-0.1, -0.05) is 42.0 Å². The zero-order valence-corrected chi connectivity index (χ0v) is 15.4. The molecular formula is C20H18F2N2O2S. The first-order valence-electron chi connectivity index (χ1n) is 8.36. The average Bonchev–Trinajstić information content (AvgIpc) is 3.11. The molecule has 1 heterocycles. The van der Waals surface area contributed by atoms with Gasteiger partial charge < -0.3 is 10.1 Å². The monoisotopic (exact) mass is 388 g/mol. The maximum atomic E-state index is 12.4. The maximum Gasteiger partial charge on any atom is 0.387 e. The van der Waals surface area contributed by atoms with E-state index in [0.29, 0.717) is 13.0 Å². The van der Waals surface area contributed by atoms with Gasteiger partial charge >= 0.3 is 6.61 Å². The molecule has 0 aliphatic rings. The fourth-order valence-corrected chi connectivity index (χ4v) is 3.36. The van der Waals surface area contributed by atoms with Gasteiger partial charge in [-0.05, 0) is 19.1 Å². The van der Waals surface area contributed by atoms with E-state index in [1.807, 2.05) is 36.6 Å². The molecule has 0 atom stereocenters. The van der Waals surface area contributed by atoms with Crippen LogP contribution < -0.4 is 10.1 Å². The number of rotatable bonds is 7. The number of carbonyl (C=O) groups is 1. The van der Waals surface area contributed by atoms with Crippen molar-refractivity contribution in [3.8, 4) is 16.3 Å². The lowest BCUT2D eigenvalue weighted by molar-refractivity contribution is -0.0501. The molecule has 0 bridgehead atoms. The maximum absolute atomic E-state index is 12.4. The topological polar surface area (TPSA) is 51.2 Å². The zero-order chi connectivity index (χ0) is 19.2. The Hall–Kier alpha value is -2.80. The van der Waals surface area contributed by atoms with Crippen LogP contribution in [0.25, 0.3) is 10.6 Å². The lowest BCUT2D eigenvalue weighted by Crippen LogP contribution is -2.26. The van der Waals surface area contributed by atoms with E-state index >= 15 is 0 Å². The third-order valence-corrected chi connectivity index (χ3v) is 4.80. The number of nitrogens with zero attached hydrogens (tertiary/aromatic N) is 1. The van der Waals surface area contributed by atoms with Crippen molar-refractivity contribution in [3.05, 3.63) is 70.7 Å². The Labute approximate surface area is 159 Å². The number of carbonyl (C=O) groups excluding carboxylic acids is 1. The molecule has 0 saturated carbocycles. The Bertz CT molecular complexity index is 910. The number of nitrogens with one attached hydrogen (secondary N) is 1. The Morgan fingerprint density at radius 1 is 1.19 bits per heavy atom. The summed E-state index contributed by atoms with van der Waals surface area (Å²) in [4.78, 5) is 16.8. The van der Waals surface area contributed by atoms with Crippen molar-refractivity contribution in [2.24, 2.45) is 0 Å². The second kappa shape index (κ2) is 8.73. The van der Waals surface area contributed by atoms with Crippen molar-refractivity contribution in [2.45, 2.75) is 20.0 Å². The van der Waals surface area contributed by atoms with Crippen molar-refractivity contribution < 1.29 is 18.3 Å². The summed E-state index contributed by atoms with van der Waals surface area (Å²) in [6.45, 7) is -0.600. The lowest BCUT2D eigenvalue weighted by Gasteiger charge is -2.10. The molecule has 2 aromatic carbocycles. The molecule has 0 aliphatic heterocycles. The van der Waals surface area contributed by atoms with Crippen LogP contribution in [0, 0.1) is 6.92 Å². The van der Waals surface area contributed by atoms with Gasteiger partial charge in [0.05, 0.1) is 11.3 Å². The molecule has 0 saturated heterocycles. The second-order valence-corrected chi connectivity index (χ2v) is 6.75. The van der Waals surface area contributed by atoms with Crippen LogP contribution in [0.2, 0.25) is 0 Å². The number of hydrogen-bond donors (Lipinski definition) is 1. The molecule has 0 spiro atoms. The predicted molar refractivity (Wildman–Crippen MR) is 101 cm³/mol. The van der Waals surface area contributed by atoms with E-state index in [1.54, 1.807) is 17.4 Å². The quantitative estimate of drug-likeness (QED) is 0.639. The minimum absolute atomic E-state index is 0.0800. The van der Waals surface area contributed by atoms with E-state index < -0.39 is 12.5 Å². The summed E-state index contributed by atoms with van der Waals surface area (Å²) in [6.07, 6.45) is 0.548. The molecule has 0 aliphatic carbocycles. The smallest absolute Gasteiger partial charge is 0.387 e. The first-order chi connectivity index (χ1) is 13.0. The largest absolute Gasteiger partial charge is 0.434 e. The van der Waals surface area contributed by atoms with Crippen LogP contribution in [0.4, 0.5) is 8.78 Å². The van der Waals surface area contributed by atoms with Crippen molar-refractivity contribution in [1.82, 2.24) is 10.3 Å². The van der Waals surface area contributed by atoms with E-state index in [9.17, 15) is 13.6 Å². The number of hydrogen-bond acceptors (Lipinski definition) is 4. The first kappa shape index (κ1) is 19.0. The summed E-state index contributed by atoms with van der Waals surface area (Å²) in [5.41, 5.74) is 3.19. The number of aromatic nitrogens is 1. The van der Waals surface area contributed by atoms with E-state index in [0.717, 1.165) is 16.3 Å². The highest BCUT2D eigenvalue weighted by Gasteiger charge is 2.15. The Kier molecular flexibility index (Phi) is 6.13. The van der Waals surface area contributed by atoms with E-state index in [1.165, 1.54) is 23.8 Å². The molecule has 4 nitrogen and oxygen atoms in total. The van der Waals surface area contributed by atoms with E-state index in [-0.39, 0.29) is 11.3 Å². The number of para-hydroxylation sites is 1. The molecule has 0 radical (unpaired) electrons. The highest BCUT2D eigenvalue weighted by Crippen LogP contribution is 2.24. The van der Waals surface area contributed by atoms with Crippen molar-refractivity contribution in [3.63, 3.8) is 0 Å². The highest BCUT2D eigenvalue weighted by molar-refractivity contribution is 7.13. The standard InChI is InChI=1S/C20H18F2N2O2S/c1-13-6-8-14(9-7-13)19-24-15(12-27-19)10-11-23-18(25)16-4-2-3-5-17(16)26-20(21)22/h2-9,12,20H,10-11H2,1H3,(H,23,25). The number of halogens is 2.